The summed E-state index contributed by atoms with van der Waals surface area (Å²) >= 11 is 0. The molecule has 1 atom stereocenters. The largest absolute Gasteiger partial charge is 0.329 e. The van der Waals surface area contributed by atoms with Gasteiger partial charge < -0.3 is 10.2 Å². The monoisotopic (exact) mass is 379 g/mol. The van der Waals surface area contributed by atoms with Gasteiger partial charge in [-0.2, -0.15) is 0 Å². The Labute approximate surface area is 156 Å². The van der Waals surface area contributed by atoms with E-state index in [2.05, 4.69) is 5.32 Å². The molecule has 0 aromatic heterocycles. The molecule has 8 heteroatoms. The molecule has 1 fully saturated rings. The van der Waals surface area contributed by atoms with Crippen LogP contribution in [0.3, 0.4) is 0 Å². The molecular formula is C18H19ClFN3O3. The van der Waals surface area contributed by atoms with Crippen LogP contribution >= 0.6 is 12.4 Å². The van der Waals surface area contributed by atoms with Gasteiger partial charge in [-0.05, 0) is 30.2 Å². The Kier molecular flexibility index (Phi) is 6.28. The molecule has 1 aliphatic heterocycles. The number of benzene rings is 2. The molecule has 2 aromatic carbocycles. The van der Waals surface area contributed by atoms with Gasteiger partial charge in [-0.1, -0.05) is 18.2 Å². The predicted molar refractivity (Wildman–Crippen MR) is 98.1 cm³/mol. The minimum Gasteiger partial charge on any atom is -0.329 e. The molecule has 1 heterocycles. The first-order chi connectivity index (χ1) is 12.0. The zero-order valence-corrected chi connectivity index (χ0v) is 15.0. The lowest BCUT2D eigenvalue weighted by molar-refractivity contribution is -0.384. The van der Waals surface area contributed by atoms with Crippen molar-refractivity contribution in [2.24, 2.45) is 0 Å². The van der Waals surface area contributed by atoms with Crippen molar-refractivity contribution in [2.75, 3.05) is 19.6 Å². The predicted octanol–water partition coefficient (Wildman–Crippen LogP) is 3.25. The first kappa shape index (κ1) is 19.8. The Morgan fingerprint density at radius 1 is 1.31 bits per heavy atom. The highest BCUT2D eigenvalue weighted by Crippen LogP contribution is 2.27. The van der Waals surface area contributed by atoms with E-state index >= 15 is 0 Å². The van der Waals surface area contributed by atoms with Crippen LogP contribution in [0, 0.1) is 22.9 Å². The van der Waals surface area contributed by atoms with Gasteiger partial charge in [-0.15, -0.1) is 12.4 Å². The van der Waals surface area contributed by atoms with E-state index in [1.807, 2.05) is 0 Å². The fourth-order valence-corrected chi connectivity index (χ4v) is 3.07. The molecular weight excluding hydrogens is 361 g/mol. The maximum atomic E-state index is 13.6. The van der Waals surface area contributed by atoms with Gasteiger partial charge in [0.25, 0.3) is 11.6 Å². The molecule has 1 unspecified atom stereocenters. The summed E-state index contributed by atoms with van der Waals surface area (Å²) < 4.78 is 13.6. The number of hydrogen-bond donors (Lipinski definition) is 1. The number of carbonyl (C=O) groups is 1. The Morgan fingerprint density at radius 2 is 2.08 bits per heavy atom. The highest BCUT2D eigenvalue weighted by Gasteiger charge is 2.30. The fraction of sp³-hybridized carbons (Fsp3) is 0.278. The van der Waals surface area contributed by atoms with Crippen molar-refractivity contribution in [3.8, 4) is 0 Å². The molecule has 138 valence electrons. The van der Waals surface area contributed by atoms with E-state index in [1.54, 1.807) is 30.0 Å². The lowest BCUT2D eigenvalue weighted by atomic mass is 10.00. The van der Waals surface area contributed by atoms with Gasteiger partial charge in [0.15, 0.2) is 0 Å². The van der Waals surface area contributed by atoms with Crippen LogP contribution in [0.2, 0.25) is 0 Å². The topological polar surface area (TPSA) is 75.5 Å². The standard InChI is InChI=1S/C18H18FN3O3.ClH/c1-12-5-6-15(22(24)25)10-16(12)18(23)21-8-7-20-11-17(21)13-3-2-4-14(19)9-13;/h2-6,9-10,17,20H,7-8,11H2,1H3;1H. The van der Waals surface area contributed by atoms with Crippen LogP contribution in [0.25, 0.3) is 0 Å². The van der Waals surface area contributed by atoms with E-state index in [0.717, 1.165) is 0 Å². The average molecular weight is 380 g/mol. The third-order valence-corrected chi connectivity index (χ3v) is 4.40. The zero-order valence-electron chi connectivity index (χ0n) is 14.1. The molecule has 1 N–H and O–H groups in total. The van der Waals surface area contributed by atoms with E-state index < -0.39 is 4.92 Å². The van der Waals surface area contributed by atoms with E-state index in [4.69, 9.17) is 0 Å². The number of halogens is 2. The number of nitro benzene ring substituents is 1. The number of non-ortho nitro benzene ring substituents is 1. The molecule has 0 radical (unpaired) electrons. The van der Waals surface area contributed by atoms with Gasteiger partial charge in [-0.25, -0.2) is 4.39 Å². The van der Waals surface area contributed by atoms with Crippen LogP contribution in [0.5, 0.6) is 0 Å². The number of rotatable bonds is 3. The molecule has 6 nitrogen and oxygen atoms in total. The van der Waals surface area contributed by atoms with Crippen LogP contribution in [0.4, 0.5) is 10.1 Å². The van der Waals surface area contributed by atoms with Crippen molar-refractivity contribution in [3.63, 3.8) is 0 Å². The van der Waals surface area contributed by atoms with Crippen molar-refractivity contribution in [1.29, 1.82) is 0 Å². The number of aryl methyl sites for hydroxylation is 1. The summed E-state index contributed by atoms with van der Waals surface area (Å²) in [6.45, 7) is 3.31. The highest BCUT2D eigenvalue weighted by atomic mass is 35.5. The van der Waals surface area contributed by atoms with E-state index in [9.17, 15) is 19.3 Å². The average Bonchev–Trinajstić information content (AvgIpc) is 2.61. The summed E-state index contributed by atoms with van der Waals surface area (Å²) in [4.78, 5) is 25.2. The maximum absolute atomic E-state index is 13.6. The zero-order chi connectivity index (χ0) is 18.0. The summed E-state index contributed by atoms with van der Waals surface area (Å²) in [7, 11) is 0. The van der Waals surface area contributed by atoms with Crippen molar-refractivity contribution in [3.05, 3.63) is 75.1 Å². The second-order valence-electron chi connectivity index (χ2n) is 6.03. The third-order valence-electron chi connectivity index (χ3n) is 4.40. The van der Waals surface area contributed by atoms with Gasteiger partial charge in [-0.3, -0.25) is 14.9 Å². The van der Waals surface area contributed by atoms with Crippen molar-refractivity contribution < 1.29 is 14.1 Å². The SMILES string of the molecule is Cc1ccc([N+](=O)[O-])cc1C(=O)N1CCNCC1c1cccc(F)c1.Cl. The molecule has 0 aliphatic carbocycles. The fourth-order valence-electron chi connectivity index (χ4n) is 3.07. The van der Waals surface area contributed by atoms with Crippen LogP contribution in [-0.4, -0.2) is 35.4 Å². The van der Waals surface area contributed by atoms with Crippen molar-refractivity contribution in [1.82, 2.24) is 10.2 Å². The number of piperazine rings is 1. The second kappa shape index (κ2) is 8.25. The number of amides is 1. The molecule has 0 bridgehead atoms. The van der Waals surface area contributed by atoms with Crippen LogP contribution < -0.4 is 5.32 Å². The summed E-state index contributed by atoms with van der Waals surface area (Å²) in [5.41, 5.74) is 1.56. The molecule has 1 aliphatic rings. The second-order valence-corrected chi connectivity index (χ2v) is 6.03. The highest BCUT2D eigenvalue weighted by molar-refractivity contribution is 5.96. The molecule has 3 rings (SSSR count). The molecule has 2 aromatic rings. The van der Waals surface area contributed by atoms with E-state index in [-0.39, 0.29) is 35.9 Å². The third kappa shape index (κ3) is 4.00. The molecule has 0 spiro atoms. The normalized spacial score (nSPS) is 16.7. The Hall–Kier alpha value is -2.51. The smallest absolute Gasteiger partial charge is 0.270 e. The van der Waals surface area contributed by atoms with Crippen molar-refractivity contribution in [2.45, 2.75) is 13.0 Å². The first-order valence-corrected chi connectivity index (χ1v) is 7.99. The lowest BCUT2D eigenvalue weighted by Crippen LogP contribution is -2.48. The van der Waals surface area contributed by atoms with Crippen LogP contribution in [0.1, 0.15) is 27.5 Å². The summed E-state index contributed by atoms with van der Waals surface area (Å²) in [5.74, 6) is -0.640. The van der Waals surface area contributed by atoms with Crippen LogP contribution in [0.15, 0.2) is 42.5 Å². The number of carbonyl (C=O) groups excluding carboxylic acids is 1. The van der Waals surface area contributed by atoms with Gasteiger partial charge in [0.2, 0.25) is 0 Å². The molecule has 1 saturated heterocycles. The minimum atomic E-state index is -0.516. The molecule has 26 heavy (non-hydrogen) atoms. The van der Waals surface area contributed by atoms with Gasteiger partial charge >= 0.3 is 0 Å². The number of nitro groups is 1. The summed E-state index contributed by atoms with van der Waals surface area (Å²) in [6, 6.07) is 10.1. The maximum Gasteiger partial charge on any atom is 0.270 e. The number of nitrogens with one attached hydrogen (secondary N) is 1. The van der Waals surface area contributed by atoms with Gasteiger partial charge in [0, 0.05) is 37.3 Å². The van der Waals surface area contributed by atoms with E-state index in [0.29, 0.717) is 36.3 Å². The quantitative estimate of drug-likeness (QED) is 0.656. The van der Waals surface area contributed by atoms with Crippen molar-refractivity contribution >= 4 is 24.0 Å². The summed E-state index contributed by atoms with van der Waals surface area (Å²) in [5, 5.41) is 14.2. The number of hydrogen-bond acceptors (Lipinski definition) is 4. The minimum absolute atomic E-state index is 0. The Morgan fingerprint density at radius 3 is 2.77 bits per heavy atom. The van der Waals surface area contributed by atoms with Crippen LogP contribution in [-0.2, 0) is 0 Å². The van der Waals surface area contributed by atoms with Gasteiger partial charge in [0.1, 0.15) is 5.82 Å². The lowest BCUT2D eigenvalue weighted by Gasteiger charge is -2.37. The summed E-state index contributed by atoms with van der Waals surface area (Å²) in [6.07, 6.45) is 0. The van der Waals surface area contributed by atoms with E-state index in [1.165, 1.54) is 24.3 Å². The Bertz CT molecular complexity index is 831. The first-order valence-electron chi connectivity index (χ1n) is 7.99. The number of nitrogens with zero attached hydrogens (tertiary/aromatic N) is 2. The molecule has 1 amide bonds. The molecule has 0 saturated carbocycles. The van der Waals surface area contributed by atoms with Gasteiger partial charge in [0.05, 0.1) is 11.0 Å². The Balaban J connectivity index is 0.00000243.